The molecule has 1 amide bonds. The minimum atomic E-state index is -0.0738. The molecule has 0 atom stereocenters. The maximum atomic E-state index is 13.2. The number of nitrogens with zero attached hydrogens (tertiary/aromatic N) is 4. The topological polar surface area (TPSA) is 58.4 Å². The fourth-order valence-electron chi connectivity index (χ4n) is 4.60. The van der Waals surface area contributed by atoms with Crippen molar-refractivity contribution in [1.82, 2.24) is 14.5 Å². The van der Waals surface area contributed by atoms with Crippen LogP contribution in [-0.4, -0.2) is 46.5 Å². The first-order valence-corrected chi connectivity index (χ1v) is 12.1. The van der Waals surface area contributed by atoms with Gasteiger partial charge in [-0.05, 0) is 49.4 Å². The molecule has 162 valence electrons. The van der Waals surface area contributed by atoms with E-state index in [-0.39, 0.29) is 18.0 Å². The van der Waals surface area contributed by atoms with Crippen LogP contribution in [0.3, 0.4) is 0 Å². The summed E-state index contributed by atoms with van der Waals surface area (Å²) in [6.07, 6.45) is 7.01. The van der Waals surface area contributed by atoms with E-state index in [1.54, 1.807) is 17.7 Å². The molecule has 0 unspecified atom stereocenters. The molecule has 1 aromatic carbocycles. The van der Waals surface area contributed by atoms with Gasteiger partial charge in [0.1, 0.15) is 11.4 Å². The maximum absolute atomic E-state index is 13.2. The number of aromatic nitrogens is 2. The van der Waals surface area contributed by atoms with Crippen molar-refractivity contribution in [2.75, 3.05) is 31.1 Å². The summed E-state index contributed by atoms with van der Waals surface area (Å²) in [5, 5.41) is 1.45. The van der Waals surface area contributed by atoms with Crippen LogP contribution >= 0.6 is 22.9 Å². The van der Waals surface area contributed by atoms with Gasteiger partial charge in [-0.25, -0.2) is 4.98 Å². The van der Waals surface area contributed by atoms with Gasteiger partial charge in [0, 0.05) is 41.8 Å². The summed E-state index contributed by atoms with van der Waals surface area (Å²) < 4.78 is 1.49. The minimum absolute atomic E-state index is 0.0321. The molecule has 2 aliphatic rings. The zero-order chi connectivity index (χ0) is 21.4. The van der Waals surface area contributed by atoms with Gasteiger partial charge in [-0.1, -0.05) is 24.1 Å². The largest absolute Gasteiger partial charge is 0.368 e. The normalized spacial score (nSPS) is 16.9. The summed E-state index contributed by atoms with van der Waals surface area (Å²) in [6.45, 7) is 2.80. The molecule has 5 rings (SSSR count). The van der Waals surface area contributed by atoms with Gasteiger partial charge in [-0.3, -0.25) is 14.2 Å². The Morgan fingerprint density at radius 3 is 2.71 bits per heavy atom. The van der Waals surface area contributed by atoms with E-state index in [0.717, 1.165) is 48.3 Å². The van der Waals surface area contributed by atoms with Crippen LogP contribution in [0.2, 0.25) is 5.02 Å². The van der Waals surface area contributed by atoms with E-state index in [1.165, 1.54) is 27.8 Å². The van der Waals surface area contributed by atoms with Crippen LogP contribution < -0.4 is 10.5 Å². The lowest BCUT2D eigenvalue weighted by molar-refractivity contribution is -0.132. The number of rotatable bonds is 3. The van der Waals surface area contributed by atoms with E-state index in [9.17, 15) is 9.59 Å². The zero-order valence-electron chi connectivity index (χ0n) is 17.3. The lowest BCUT2D eigenvalue weighted by Crippen LogP contribution is -2.50. The number of piperazine rings is 1. The fourth-order valence-corrected chi connectivity index (χ4v) is 6.01. The Bertz CT molecular complexity index is 1180. The lowest BCUT2D eigenvalue weighted by Gasteiger charge is -2.36. The quantitative estimate of drug-likeness (QED) is 0.563. The van der Waals surface area contributed by atoms with E-state index in [0.29, 0.717) is 18.1 Å². The third kappa shape index (κ3) is 4.08. The fraction of sp³-hybridized carbons (Fsp3) is 0.435. The molecule has 0 spiro atoms. The smallest absolute Gasteiger partial charge is 0.262 e. The second-order valence-corrected chi connectivity index (χ2v) is 9.79. The first-order valence-electron chi connectivity index (χ1n) is 10.9. The summed E-state index contributed by atoms with van der Waals surface area (Å²) >= 11 is 7.75. The number of carbonyl (C=O) groups is 1. The average Bonchev–Trinajstić information content (AvgIpc) is 2.98. The van der Waals surface area contributed by atoms with Crippen LogP contribution in [0, 0.1) is 0 Å². The third-order valence-electron chi connectivity index (χ3n) is 6.30. The third-order valence-corrected chi connectivity index (χ3v) is 7.74. The number of hydrogen-bond donors (Lipinski definition) is 0. The van der Waals surface area contributed by atoms with Gasteiger partial charge in [0.2, 0.25) is 5.91 Å². The zero-order valence-corrected chi connectivity index (χ0v) is 18.9. The van der Waals surface area contributed by atoms with Crippen molar-refractivity contribution in [2.24, 2.45) is 0 Å². The molecule has 0 N–H and O–H groups in total. The molecular weight excluding hydrogens is 432 g/mol. The van der Waals surface area contributed by atoms with Crippen LogP contribution in [0.1, 0.15) is 29.7 Å². The molecule has 1 fully saturated rings. The Balaban J connectivity index is 1.30. The Labute approximate surface area is 190 Å². The molecule has 0 radical (unpaired) electrons. The monoisotopic (exact) mass is 456 g/mol. The van der Waals surface area contributed by atoms with Gasteiger partial charge in [0.05, 0.1) is 11.7 Å². The number of fused-ring (bicyclic) bond motifs is 3. The van der Waals surface area contributed by atoms with E-state index in [1.807, 2.05) is 29.2 Å². The summed E-state index contributed by atoms with van der Waals surface area (Å²) in [6, 6.07) is 7.78. The lowest BCUT2D eigenvalue weighted by atomic mass is 10.1. The van der Waals surface area contributed by atoms with Crippen LogP contribution in [-0.2, 0) is 24.2 Å². The van der Waals surface area contributed by atoms with Crippen LogP contribution in [0.25, 0.3) is 10.2 Å². The van der Waals surface area contributed by atoms with Gasteiger partial charge in [-0.15, -0.1) is 11.3 Å². The number of amides is 1. The molecule has 3 aromatic rings. The highest BCUT2D eigenvalue weighted by molar-refractivity contribution is 7.18. The molecule has 2 aromatic heterocycles. The van der Waals surface area contributed by atoms with Gasteiger partial charge in [0.25, 0.3) is 5.56 Å². The van der Waals surface area contributed by atoms with Crippen molar-refractivity contribution in [3.8, 4) is 0 Å². The average molecular weight is 457 g/mol. The van der Waals surface area contributed by atoms with Gasteiger partial charge >= 0.3 is 0 Å². The molecule has 3 heterocycles. The Hall–Kier alpha value is -2.38. The van der Waals surface area contributed by atoms with E-state index >= 15 is 0 Å². The van der Waals surface area contributed by atoms with Crippen molar-refractivity contribution in [2.45, 2.75) is 38.6 Å². The van der Waals surface area contributed by atoms with E-state index < -0.39 is 0 Å². The number of carbonyl (C=O) groups excluding carboxylic acids is 1. The standard InChI is InChI=1S/C23H25ClN4O2S/c24-16-5-4-6-17(13-16)26-9-11-27(12-10-26)20(29)14-28-15-25-22-21(23(28)30)18-7-2-1-3-8-19(18)31-22/h4-6,13,15H,1-3,7-12,14H2. The highest BCUT2D eigenvalue weighted by Gasteiger charge is 2.24. The van der Waals surface area contributed by atoms with E-state index in [4.69, 9.17) is 11.6 Å². The van der Waals surface area contributed by atoms with Crippen LogP contribution in [0.4, 0.5) is 5.69 Å². The molecule has 1 aliphatic carbocycles. The van der Waals surface area contributed by atoms with Gasteiger partial charge < -0.3 is 9.80 Å². The predicted molar refractivity (Wildman–Crippen MR) is 125 cm³/mol. The predicted octanol–water partition coefficient (Wildman–Crippen LogP) is 3.73. The van der Waals surface area contributed by atoms with Crippen molar-refractivity contribution in [3.63, 3.8) is 0 Å². The van der Waals surface area contributed by atoms with Crippen molar-refractivity contribution in [1.29, 1.82) is 0 Å². The molecule has 8 heteroatoms. The highest BCUT2D eigenvalue weighted by atomic mass is 35.5. The Morgan fingerprint density at radius 2 is 1.90 bits per heavy atom. The molecule has 1 saturated heterocycles. The molecule has 0 bridgehead atoms. The van der Waals surface area contributed by atoms with Crippen molar-refractivity contribution in [3.05, 3.63) is 56.4 Å². The number of thiophene rings is 1. The summed E-state index contributed by atoms with van der Waals surface area (Å²) in [5.74, 6) is -0.0321. The van der Waals surface area contributed by atoms with Crippen LogP contribution in [0.5, 0.6) is 0 Å². The number of anilines is 1. The molecule has 31 heavy (non-hydrogen) atoms. The SMILES string of the molecule is O=C(Cn1cnc2sc3c(c2c1=O)CCCCC3)N1CCN(c2cccc(Cl)c2)CC1. The summed E-state index contributed by atoms with van der Waals surface area (Å²) in [5.41, 5.74) is 2.17. The van der Waals surface area contributed by atoms with Crippen molar-refractivity contribution >= 4 is 44.7 Å². The molecule has 1 aliphatic heterocycles. The number of halogens is 1. The first kappa shape index (κ1) is 20.5. The highest BCUT2D eigenvalue weighted by Crippen LogP contribution is 2.32. The van der Waals surface area contributed by atoms with Crippen molar-refractivity contribution < 1.29 is 4.79 Å². The minimum Gasteiger partial charge on any atom is -0.368 e. The molecule has 6 nitrogen and oxygen atoms in total. The Morgan fingerprint density at radius 1 is 1.10 bits per heavy atom. The maximum Gasteiger partial charge on any atom is 0.262 e. The summed E-state index contributed by atoms with van der Waals surface area (Å²) in [7, 11) is 0. The molecule has 0 saturated carbocycles. The number of hydrogen-bond acceptors (Lipinski definition) is 5. The Kier molecular flexibility index (Phi) is 5.71. The van der Waals surface area contributed by atoms with E-state index in [2.05, 4.69) is 9.88 Å². The number of benzene rings is 1. The second-order valence-electron chi connectivity index (χ2n) is 8.27. The second kappa shape index (κ2) is 8.63. The number of aryl methyl sites for hydroxylation is 2. The van der Waals surface area contributed by atoms with Gasteiger partial charge in [-0.2, -0.15) is 0 Å². The van der Waals surface area contributed by atoms with Crippen LogP contribution in [0.15, 0.2) is 35.4 Å². The first-order chi connectivity index (χ1) is 15.1. The molecular formula is C23H25ClN4O2S. The summed E-state index contributed by atoms with van der Waals surface area (Å²) in [4.78, 5) is 36.9. The van der Waals surface area contributed by atoms with Gasteiger partial charge in [0.15, 0.2) is 0 Å².